The van der Waals surface area contributed by atoms with Gasteiger partial charge in [0.15, 0.2) is 0 Å². The maximum absolute atomic E-state index is 14.7. The Hall–Kier alpha value is -4.72. The molecule has 14 nitrogen and oxygen atoms in total. The molecule has 1 saturated carbocycles. The molecule has 0 unspecified atom stereocenters. The van der Waals surface area contributed by atoms with Crippen molar-refractivity contribution in [2.75, 3.05) is 6.54 Å². The van der Waals surface area contributed by atoms with Crippen molar-refractivity contribution in [3.8, 4) is 5.88 Å². The van der Waals surface area contributed by atoms with Crippen molar-refractivity contribution in [1.82, 2.24) is 35.8 Å². The van der Waals surface area contributed by atoms with E-state index in [4.69, 9.17) is 16.3 Å². The van der Waals surface area contributed by atoms with E-state index < -0.39 is 70.9 Å². The van der Waals surface area contributed by atoms with E-state index >= 15 is 0 Å². The molecular weight excluding hydrogens is 714 g/mol. The van der Waals surface area contributed by atoms with E-state index in [1.807, 2.05) is 6.92 Å². The number of halogens is 1. The second-order valence-electron chi connectivity index (χ2n) is 15.0. The molecule has 2 fully saturated rings. The number of carbonyl (C=O) groups is 6. The lowest BCUT2D eigenvalue weighted by Crippen LogP contribution is -2.62. The topological polar surface area (TPSA) is 190 Å². The molecule has 3 N–H and O–H groups in total. The standard InChI is InChI=1S/C39H52ClN7O7/c1-6-8-15-30(48)33(49)27(12-7-2)44-36(51)29-20-26(54-31-17-16-25(40)21-43-31)23-47(29)38(53)34(39(3,4)5)46-37(52)32(24-13-10-9-11-14-24)45-35(50)28-22-41-18-19-42-28/h6,16-19,21-22,24,26-27,29,32,34H,1,7-15,20,23H2,2-5H3,(H,44,51)(H,45,50)(H,46,52)/t26-,27+,29+,32+,34-/m1/s1. The molecule has 0 aromatic carbocycles. The molecule has 2 aliphatic rings. The Bertz CT molecular complexity index is 1640. The number of rotatable bonds is 17. The quantitative estimate of drug-likeness (QED) is 0.156. The van der Waals surface area contributed by atoms with Crippen molar-refractivity contribution in [3.63, 3.8) is 0 Å². The summed E-state index contributed by atoms with van der Waals surface area (Å²) in [4.78, 5) is 95.7. The van der Waals surface area contributed by atoms with Crippen LogP contribution in [0, 0.1) is 11.3 Å². The van der Waals surface area contributed by atoms with Crippen LogP contribution >= 0.6 is 11.6 Å². The second kappa shape index (κ2) is 19.6. The smallest absolute Gasteiger partial charge is 0.272 e. The van der Waals surface area contributed by atoms with Gasteiger partial charge in [-0.15, -0.1) is 6.58 Å². The maximum Gasteiger partial charge on any atom is 0.272 e. The summed E-state index contributed by atoms with van der Waals surface area (Å²) in [7, 11) is 0. The fourth-order valence-corrected chi connectivity index (χ4v) is 7.01. The van der Waals surface area contributed by atoms with Crippen molar-refractivity contribution < 1.29 is 33.5 Å². The van der Waals surface area contributed by atoms with E-state index in [1.54, 1.807) is 39.0 Å². The Morgan fingerprint density at radius 3 is 2.37 bits per heavy atom. The highest BCUT2D eigenvalue weighted by atomic mass is 35.5. The van der Waals surface area contributed by atoms with Gasteiger partial charge in [-0.05, 0) is 43.1 Å². The number of nitrogens with zero attached hydrogens (tertiary/aromatic N) is 4. The number of Topliss-reactive ketones (excluding diaryl/α,β-unsaturated/α-hetero) is 2. The number of pyridine rings is 1. The second-order valence-corrected chi connectivity index (χ2v) is 15.4. The van der Waals surface area contributed by atoms with Gasteiger partial charge in [0.05, 0.1) is 23.8 Å². The van der Waals surface area contributed by atoms with Crippen molar-refractivity contribution in [1.29, 1.82) is 0 Å². The summed E-state index contributed by atoms with van der Waals surface area (Å²) < 4.78 is 6.10. The highest BCUT2D eigenvalue weighted by Gasteiger charge is 2.47. The molecule has 5 atom stereocenters. The van der Waals surface area contributed by atoms with Gasteiger partial charge in [-0.2, -0.15) is 0 Å². The van der Waals surface area contributed by atoms with Crippen LogP contribution in [0.3, 0.4) is 0 Å². The molecule has 4 rings (SSSR count). The van der Waals surface area contributed by atoms with Crippen LogP contribution in [0.5, 0.6) is 5.88 Å². The van der Waals surface area contributed by atoms with Crippen LogP contribution in [0.4, 0.5) is 0 Å². The predicted molar refractivity (Wildman–Crippen MR) is 201 cm³/mol. The molecule has 2 aromatic heterocycles. The van der Waals surface area contributed by atoms with Crippen molar-refractivity contribution >= 4 is 46.8 Å². The number of ether oxygens (including phenoxy) is 1. The van der Waals surface area contributed by atoms with Crippen LogP contribution in [0.25, 0.3) is 0 Å². The highest BCUT2D eigenvalue weighted by molar-refractivity contribution is 6.39. The van der Waals surface area contributed by atoms with Crippen LogP contribution in [0.1, 0.15) is 102 Å². The lowest BCUT2D eigenvalue weighted by Gasteiger charge is -2.37. The van der Waals surface area contributed by atoms with E-state index in [0.717, 1.165) is 19.3 Å². The summed E-state index contributed by atoms with van der Waals surface area (Å²) in [6.45, 7) is 10.8. The molecule has 0 radical (unpaired) electrons. The van der Waals surface area contributed by atoms with Gasteiger partial charge >= 0.3 is 0 Å². The molecule has 1 aliphatic heterocycles. The average molecular weight is 766 g/mol. The fraction of sp³-hybridized carbons (Fsp3) is 0.564. The first kappa shape index (κ1) is 42.0. The summed E-state index contributed by atoms with van der Waals surface area (Å²) in [6.07, 6.45) is 11.8. The molecule has 0 bridgehead atoms. The van der Waals surface area contributed by atoms with Gasteiger partial charge in [0.1, 0.15) is 29.9 Å². The van der Waals surface area contributed by atoms with Gasteiger partial charge in [0.2, 0.25) is 35.2 Å². The summed E-state index contributed by atoms with van der Waals surface area (Å²) in [5.74, 6) is -3.52. The number of allylic oxidation sites excluding steroid dienone is 1. The Kier molecular flexibility index (Phi) is 15.2. The molecule has 2 aromatic rings. The van der Waals surface area contributed by atoms with E-state index in [-0.39, 0.29) is 43.3 Å². The maximum atomic E-state index is 14.7. The van der Waals surface area contributed by atoms with E-state index in [1.165, 1.54) is 29.7 Å². The number of aromatic nitrogens is 3. The first-order chi connectivity index (χ1) is 25.7. The zero-order valence-electron chi connectivity index (χ0n) is 31.5. The number of hydrogen-bond acceptors (Lipinski definition) is 10. The molecule has 54 heavy (non-hydrogen) atoms. The van der Waals surface area contributed by atoms with Gasteiger partial charge in [-0.3, -0.25) is 33.8 Å². The van der Waals surface area contributed by atoms with Crippen LogP contribution in [-0.4, -0.2) is 91.9 Å². The van der Waals surface area contributed by atoms with Gasteiger partial charge < -0.3 is 25.6 Å². The van der Waals surface area contributed by atoms with Crippen LogP contribution in [0.2, 0.25) is 5.02 Å². The fourth-order valence-electron chi connectivity index (χ4n) is 6.90. The van der Waals surface area contributed by atoms with Crippen LogP contribution in [0.15, 0.2) is 49.6 Å². The van der Waals surface area contributed by atoms with Crippen LogP contribution < -0.4 is 20.7 Å². The Labute approximate surface area is 321 Å². The molecule has 292 valence electrons. The third-order valence-electron chi connectivity index (χ3n) is 9.78. The Balaban J connectivity index is 1.62. The first-order valence-electron chi connectivity index (χ1n) is 18.7. The third-order valence-corrected chi connectivity index (χ3v) is 10.0. The van der Waals surface area contributed by atoms with Gasteiger partial charge in [0, 0.05) is 37.5 Å². The van der Waals surface area contributed by atoms with Crippen molar-refractivity contribution in [2.24, 2.45) is 11.3 Å². The van der Waals surface area contributed by atoms with E-state index in [2.05, 4.69) is 37.5 Å². The van der Waals surface area contributed by atoms with Crippen LogP contribution in [-0.2, 0) is 24.0 Å². The van der Waals surface area contributed by atoms with E-state index in [9.17, 15) is 28.8 Å². The molecule has 1 saturated heterocycles. The third kappa shape index (κ3) is 11.4. The molecule has 3 heterocycles. The normalized spacial score (nSPS) is 19.2. The predicted octanol–water partition coefficient (Wildman–Crippen LogP) is 4.17. The minimum atomic E-state index is -1.14. The van der Waals surface area contributed by atoms with Gasteiger partial charge in [-0.1, -0.05) is 71.1 Å². The van der Waals surface area contributed by atoms with Gasteiger partial charge in [0.25, 0.3) is 5.91 Å². The largest absolute Gasteiger partial charge is 0.472 e. The zero-order chi connectivity index (χ0) is 39.4. The monoisotopic (exact) mass is 765 g/mol. The minimum Gasteiger partial charge on any atom is -0.472 e. The molecular formula is C39H52ClN7O7. The summed E-state index contributed by atoms with van der Waals surface area (Å²) >= 11 is 6.01. The lowest BCUT2D eigenvalue weighted by atomic mass is 9.82. The summed E-state index contributed by atoms with van der Waals surface area (Å²) in [6, 6.07) is -1.11. The highest BCUT2D eigenvalue weighted by Crippen LogP contribution is 2.30. The average Bonchev–Trinajstić information content (AvgIpc) is 3.59. The van der Waals surface area contributed by atoms with E-state index in [0.29, 0.717) is 30.7 Å². The number of amides is 4. The SMILES string of the molecule is C=CCCC(=O)C(=O)[C@H](CCC)NC(=O)[C@@H]1C[C@@H](Oc2ccc(Cl)cn2)CN1C(=O)[C@@H](NC(=O)[C@@H](NC(=O)c1cnccn1)C1CCCCC1)C(C)(C)C. The number of hydrogen-bond donors (Lipinski definition) is 3. The van der Waals surface area contributed by atoms with Crippen molar-refractivity contribution in [3.05, 3.63) is 60.3 Å². The van der Waals surface area contributed by atoms with Crippen molar-refractivity contribution in [2.45, 2.75) is 122 Å². The molecule has 4 amide bonds. The minimum absolute atomic E-state index is 0.0233. The number of carbonyl (C=O) groups excluding carboxylic acids is 6. The number of ketones is 2. The number of nitrogens with one attached hydrogen (secondary N) is 3. The zero-order valence-corrected chi connectivity index (χ0v) is 32.3. The van der Waals surface area contributed by atoms with Gasteiger partial charge in [-0.25, -0.2) is 9.97 Å². The lowest BCUT2D eigenvalue weighted by molar-refractivity contribution is -0.145. The summed E-state index contributed by atoms with van der Waals surface area (Å²) in [5, 5.41) is 8.95. The Morgan fingerprint density at radius 2 is 1.76 bits per heavy atom. The Morgan fingerprint density at radius 1 is 1.02 bits per heavy atom. The number of likely N-dealkylation sites (tertiary alicyclic amines) is 1. The first-order valence-corrected chi connectivity index (χ1v) is 19.1. The molecule has 0 spiro atoms. The molecule has 1 aliphatic carbocycles. The summed E-state index contributed by atoms with van der Waals surface area (Å²) in [5.41, 5.74) is -0.793. The molecule has 15 heteroatoms.